The van der Waals surface area contributed by atoms with E-state index in [0.717, 1.165) is 11.3 Å². The summed E-state index contributed by atoms with van der Waals surface area (Å²) in [5, 5.41) is 3.59. The molecular weight excluding hydrogens is 308 g/mol. The van der Waals surface area contributed by atoms with E-state index >= 15 is 0 Å². The van der Waals surface area contributed by atoms with Gasteiger partial charge in [0.05, 0.1) is 4.90 Å². The van der Waals surface area contributed by atoms with Crippen LogP contribution in [0.2, 0.25) is 5.02 Å². The van der Waals surface area contributed by atoms with Crippen LogP contribution in [0.25, 0.3) is 0 Å². The molecule has 2 aromatic carbocycles. The Labute approximate surface area is 130 Å². The first-order valence-electron chi connectivity index (χ1n) is 6.42. The van der Waals surface area contributed by atoms with Gasteiger partial charge in [0.2, 0.25) is 10.0 Å². The molecule has 4 nitrogen and oxygen atoms in total. The zero-order chi connectivity index (χ0) is 15.5. The molecule has 1 N–H and O–H groups in total. The number of hydrogen-bond acceptors (Lipinski definition) is 3. The topological polar surface area (TPSA) is 49.4 Å². The number of halogens is 1. The van der Waals surface area contributed by atoms with Crippen LogP contribution in [0.15, 0.2) is 53.4 Å². The van der Waals surface area contributed by atoms with Gasteiger partial charge < -0.3 is 5.32 Å². The van der Waals surface area contributed by atoms with Crippen LogP contribution < -0.4 is 5.32 Å². The molecule has 0 fully saturated rings. The molecule has 6 heteroatoms. The van der Waals surface area contributed by atoms with E-state index in [9.17, 15) is 8.42 Å². The predicted octanol–water partition coefficient (Wildman–Crippen LogP) is 3.20. The van der Waals surface area contributed by atoms with Crippen LogP contribution in [-0.2, 0) is 16.6 Å². The fraction of sp³-hybridized carbons (Fsp3) is 0.200. The van der Waals surface area contributed by atoms with Crippen molar-refractivity contribution >= 4 is 27.3 Å². The fourth-order valence-electron chi connectivity index (χ4n) is 1.91. The van der Waals surface area contributed by atoms with Gasteiger partial charge in [0, 0.05) is 31.4 Å². The Bertz CT molecular complexity index is 697. The highest BCUT2D eigenvalue weighted by atomic mass is 35.5. The first-order chi connectivity index (χ1) is 9.93. The Morgan fingerprint density at radius 2 is 1.62 bits per heavy atom. The molecule has 0 radical (unpaired) electrons. The zero-order valence-corrected chi connectivity index (χ0v) is 13.4. The maximum absolute atomic E-state index is 12.5. The van der Waals surface area contributed by atoms with Crippen LogP contribution >= 0.6 is 11.6 Å². The lowest BCUT2D eigenvalue weighted by Gasteiger charge is -2.17. The first-order valence-corrected chi connectivity index (χ1v) is 8.24. The van der Waals surface area contributed by atoms with Crippen LogP contribution in [0.5, 0.6) is 0 Å². The molecule has 21 heavy (non-hydrogen) atoms. The van der Waals surface area contributed by atoms with E-state index in [4.69, 9.17) is 11.6 Å². The summed E-state index contributed by atoms with van der Waals surface area (Å²) in [6, 6.07) is 13.8. The van der Waals surface area contributed by atoms with E-state index in [0.29, 0.717) is 11.6 Å². The average molecular weight is 325 g/mol. The van der Waals surface area contributed by atoms with Crippen LogP contribution in [0.1, 0.15) is 5.56 Å². The molecule has 0 aliphatic carbocycles. The molecule has 0 aromatic heterocycles. The van der Waals surface area contributed by atoms with Crippen LogP contribution in [0.3, 0.4) is 0 Å². The molecule has 0 atom stereocenters. The number of hydrogen-bond donors (Lipinski definition) is 1. The van der Waals surface area contributed by atoms with Gasteiger partial charge in [0.25, 0.3) is 0 Å². The van der Waals surface area contributed by atoms with Crippen molar-refractivity contribution in [2.75, 3.05) is 19.4 Å². The van der Waals surface area contributed by atoms with Crippen molar-refractivity contribution in [2.45, 2.75) is 11.4 Å². The Morgan fingerprint density at radius 1 is 1.05 bits per heavy atom. The van der Waals surface area contributed by atoms with Crippen LogP contribution in [0.4, 0.5) is 5.69 Å². The molecule has 112 valence electrons. The lowest BCUT2D eigenvalue weighted by Crippen LogP contribution is -2.26. The van der Waals surface area contributed by atoms with E-state index in [-0.39, 0.29) is 4.90 Å². The molecule has 0 bridgehead atoms. The van der Waals surface area contributed by atoms with Gasteiger partial charge >= 0.3 is 0 Å². The second kappa shape index (κ2) is 6.47. The van der Waals surface area contributed by atoms with Crippen molar-refractivity contribution in [3.8, 4) is 0 Å². The second-order valence-corrected chi connectivity index (χ2v) is 7.14. The second-order valence-electron chi connectivity index (χ2n) is 4.66. The highest BCUT2D eigenvalue weighted by Crippen LogP contribution is 2.19. The Morgan fingerprint density at radius 3 is 2.14 bits per heavy atom. The summed E-state index contributed by atoms with van der Waals surface area (Å²) in [5.41, 5.74) is 1.76. The molecule has 0 saturated heterocycles. The summed E-state index contributed by atoms with van der Waals surface area (Å²) in [4.78, 5) is 0.276. The number of sulfonamides is 1. The predicted molar refractivity (Wildman–Crippen MR) is 86.1 cm³/mol. The summed E-state index contributed by atoms with van der Waals surface area (Å²) in [6.07, 6.45) is 0. The molecular formula is C15H17ClN2O2S. The maximum Gasteiger partial charge on any atom is 0.243 e. The third-order valence-electron chi connectivity index (χ3n) is 3.17. The van der Waals surface area contributed by atoms with E-state index in [1.807, 2.05) is 12.1 Å². The SMILES string of the molecule is CNc1ccc(S(=O)(=O)N(C)Cc2ccc(Cl)cc2)cc1. The third-order valence-corrected chi connectivity index (χ3v) is 5.24. The first kappa shape index (κ1) is 15.8. The quantitative estimate of drug-likeness (QED) is 0.918. The van der Waals surface area contributed by atoms with Gasteiger partial charge in [-0.05, 0) is 42.0 Å². The minimum absolute atomic E-state index is 0.276. The fourth-order valence-corrected chi connectivity index (χ4v) is 3.19. The molecule has 0 amide bonds. The van der Waals surface area contributed by atoms with E-state index in [1.165, 1.54) is 4.31 Å². The minimum atomic E-state index is -3.50. The molecule has 2 aromatic rings. The number of benzene rings is 2. The highest BCUT2D eigenvalue weighted by Gasteiger charge is 2.20. The van der Waals surface area contributed by atoms with Crippen molar-refractivity contribution < 1.29 is 8.42 Å². The molecule has 2 rings (SSSR count). The lowest BCUT2D eigenvalue weighted by atomic mass is 10.2. The highest BCUT2D eigenvalue weighted by molar-refractivity contribution is 7.89. The molecule has 0 heterocycles. The molecule has 0 aliphatic rings. The van der Waals surface area contributed by atoms with Crippen molar-refractivity contribution in [3.05, 3.63) is 59.1 Å². The summed E-state index contributed by atoms with van der Waals surface area (Å²) < 4.78 is 26.3. The molecule has 0 saturated carbocycles. The third kappa shape index (κ3) is 3.75. The molecule has 0 spiro atoms. The summed E-state index contributed by atoms with van der Waals surface area (Å²) >= 11 is 5.82. The molecule has 0 aliphatic heterocycles. The largest absolute Gasteiger partial charge is 0.388 e. The van der Waals surface area contributed by atoms with Gasteiger partial charge in [-0.2, -0.15) is 4.31 Å². The van der Waals surface area contributed by atoms with Crippen molar-refractivity contribution in [1.29, 1.82) is 0 Å². The summed E-state index contributed by atoms with van der Waals surface area (Å²) in [6.45, 7) is 0.299. The van der Waals surface area contributed by atoms with Crippen LogP contribution in [-0.4, -0.2) is 26.8 Å². The number of nitrogens with zero attached hydrogens (tertiary/aromatic N) is 1. The summed E-state index contributed by atoms with van der Waals surface area (Å²) in [5.74, 6) is 0. The average Bonchev–Trinajstić information content (AvgIpc) is 2.49. The van der Waals surface area contributed by atoms with Gasteiger partial charge in [0.1, 0.15) is 0 Å². The smallest absolute Gasteiger partial charge is 0.243 e. The van der Waals surface area contributed by atoms with Crippen molar-refractivity contribution in [2.24, 2.45) is 0 Å². The number of anilines is 1. The Balaban J connectivity index is 2.19. The number of nitrogens with one attached hydrogen (secondary N) is 1. The van der Waals surface area contributed by atoms with Crippen molar-refractivity contribution in [1.82, 2.24) is 4.31 Å². The normalized spacial score (nSPS) is 11.6. The lowest BCUT2D eigenvalue weighted by molar-refractivity contribution is 0.467. The van der Waals surface area contributed by atoms with Crippen LogP contribution in [0, 0.1) is 0 Å². The van der Waals surface area contributed by atoms with Gasteiger partial charge in [0.15, 0.2) is 0 Å². The van der Waals surface area contributed by atoms with Crippen molar-refractivity contribution in [3.63, 3.8) is 0 Å². The standard InChI is InChI=1S/C15H17ClN2O2S/c1-17-14-7-9-15(10-8-14)21(19,20)18(2)11-12-3-5-13(16)6-4-12/h3-10,17H,11H2,1-2H3. The van der Waals surface area contributed by atoms with E-state index in [1.54, 1.807) is 50.5 Å². The maximum atomic E-state index is 12.5. The van der Waals surface area contributed by atoms with Gasteiger partial charge in [-0.1, -0.05) is 23.7 Å². The number of rotatable bonds is 5. The van der Waals surface area contributed by atoms with E-state index < -0.39 is 10.0 Å². The van der Waals surface area contributed by atoms with Gasteiger partial charge in [-0.3, -0.25) is 0 Å². The minimum Gasteiger partial charge on any atom is -0.388 e. The van der Waals surface area contributed by atoms with E-state index in [2.05, 4.69) is 5.32 Å². The Hall–Kier alpha value is -1.56. The van der Waals surface area contributed by atoms with Gasteiger partial charge in [-0.25, -0.2) is 8.42 Å². The Kier molecular flexibility index (Phi) is 4.88. The van der Waals surface area contributed by atoms with Gasteiger partial charge in [-0.15, -0.1) is 0 Å². The monoisotopic (exact) mass is 324 g/mol. The summed E-state index contributed by atoms with van der Waals surface area (Å²) in [7, 11) is -0.146. The molecule has 0 unspecified atom stereocenters. The zero-order valence-electron chi connectivity index (χ0n) is 11.9.